The first-order valence-electron chi connectivity index (χ1n) is 5.84. The molecule has 1 aromatic carbocycles. The van der Waals surface area contributed by atoms with Crippen LogP contribution in [0.1, 0.15) is 43.6 Å². The van der Waals surface area contributed by atoms with Crippen LogP contribution in [0.5, 0.6) is 0 Å². The molecule has 86 valence electrons. The van der Waals surface area contributed by atoms with E-state index in [0.717, 1.165) is 3.57 Å². The van der Waals surface area contributed by atoms with Gasteiger partial charge in [-0.05, 0) is 58.4 Å². The van der Waals surface area contributed by atoms with Gasteiger partial charge in [0.15, 0.2) is 0 Å². The summed E-state index contributed by atoms with van der Waals surface area (Å²) in [5.74, 6) is 0.672. The quantitative estimate of drug-likeness (QED) is 0.644. The Hall–Kier alpha value is -0.0651. The van der Waals surface area contributed by atoms with Gasteiger partial charge in [0, 0.05) is 3.57 Å². The average molecular weight is 330 g/mol. The Kier molecular flexibility index (Phi) is 4.27. The zero-order chi connectivity index (χ0) is 11.5. The summed E-state index contributed by atoms with van der Waals surface area (Å²) in [7, 11) is -1.35. The zero-order valence-corrected chi connectivity index (χ0v) is 11.4. The van der Waals surface area contributed by atoms with Crippen molar-refractivity contribution in [1.29, 1.82) is 0 Å². The minimum absolute atomic E-state index is 0.587. The number of hydrogen-bond acceptors (Lipinski definition) is 2. The molecule has 1 aliphatic rings. The van der Waals surface area contributed by atoms with Crippen LogP contribution in [-0.2, 0) is 0 Å². The molecule has 0 saturated heterocycles. The minimum Gasteiger partial charge on any atom is -0.423 e. The predicted molar refractivity (Wildman–Crippen MR) is 74.8 cm³/mol. The second kappa shape index (κ2) is 5.51. The van der Waals surface area contributed by atoms with Gasteiger partial charge in [-0.15, -0.1) is 0 Å². The fourth-order valence-corrected chi connectivity index (χ4v) is 3.43. The van der Waals surface area contributed by atoms with Crippen molar-refractivity contribution in [1.82, 2.24) is 0 Å². The highest BCUT2D eigenvalue weighted by molar-refractivity contribution is 14.1. The van der Waals surface area contributed by atoms with E-state index >= 15 is 0 Å². The van der Waals surface area contributed by atoms with Crippen LogP contribution >= 0.6 is 22.6 Å². The fraction of sp³-hybridized carbons (Fsp3) is 0.500. The average Bonchev–Trinajstić information content (AvgIpc) is 2.30. The summed E-state index contributed by atoms with van der Waals surface area (Å²) >= 11 is 2.30. The van der Waals surface area contributed by atoms with Gasteiger partial charge >= 0.3 is 7.12 Å². The standard InChI is InChI=1S/C12H16BIO2/c14-12-8-10(13(15)16)6-7-11(12)9-4-2-1-3-5-9/h6-9,15-16H,1-5H2. The van der Waals surface area contributed by atoms with Crippen molar-refractivity contribution < 1.29 is 10.0 Å². The molecule has 1 saturated carbocycles. The first kappa shape index (κ1) is 12.4. The van der Waals surface area contributed by atoms with Gasteiger partial charge in [-0.2, -0.15) is 0 Å². The molecule has 0 aliphatic heterocycles. The van der Waals surface area contributed by atoms with Crippen LogP contribution in [0.15, 0.2) is 18.2 Å². The summed E-state index contributed by atoms with van der Waals surface area (Å²) in [6, 6.07) is 5.78. The fourth-order valence-electron chi connectivity index (χ4n) is 2.45. The highest BCUT2D eigenvalue weighted by Gasteiger charge is 2.19. The Morgan fingerprint density at radius 1 is 1.12 bits per heavy atom. The molecule has 1 aliphatic carbocycles. The lowest BCUT2D eigenvalue weighted by atomic mass is 9.78. The van der Waals surface area contributed by atoms with Crippen molar-refractivity contribution in [3.8, 4) is 0 Å². The molecule has 0 heterocycles. The van der Waals surface area contributed by atoms with Crippen molar-refractivity contribution in [3.63, 3.8) is 0 Å². The van der Waals surface area contributed by atoms with Gasteiger partial charge in [0.2, 0.25) is 0 Å². The Balaban J connectivity index is 2.21. The minimum atomic E-state index is -1.35. The summed E-state index contributed by atoms with van der Waals surface area (Å²) < 4.78 is 1.16. The van der Waals surface area contributed by atoms with Gasteiger partial charge in [-0.1, -0.05) is 31.4 Å². The molecule has 4 heteroatoms. The first-order chi connectivity index (χ1) is 7.68. The van der Waals surface area contributed by atoms with E-state index < -0.39 is 7.12 Å². The van der Waals surface area contributed by atoms with Crippen LogP contribution < -0.4 is 5.46 Å². The number of hydrogen-bond donors (Lipinski definition) is 2. The third-order valence-corrected chi connectivity index (χ3v) is 4.30. The maximum Gasteiger partial charge on any atom is 0.488 e. The van der Waals surface area contributed by atoms with E-state index in [4.69, 9.17) is 10.0 Å². The van der Waals surface area contributed by atoms with Gasteiger partial charge in [-0.25, -0.2) is 0 Å². The summed E-state index contributed by atoms with van der Waals surface area (Å²) in [6.07, 6.45) is 6.56. The van der Waals surface area contributed by atoms with Crippen LogP contribution in [0.25, 0.3) is 0 Å². The van der Waals surface area contributed by atoms with E-state index in [2.05, 4.69) is 28.7 Å². The lowest BCUT2D eigenvalue weighted by Gasteiger charge is -2.23. The van der Waals surface area contributed by atoms with E-state index in [1.165, 1.54) is 37.7 Å². The van der Waals surface area contributed by atoms with Crippen LogP contribution in [0, 0.1) is 3.57 Å². The van der Waals surface area contributed by atoms with Crippen LogP contribution in [0.3, 0.4) is 0 Å². The molecular weight excluding hydrogens is 314 g/mol. The van der Waals surface area contributed by atoms with Crippen LogP contribution in [-0.4, -0.2) is 17.2 Å². The highest BCUT2D eigenvalue weighted by atomic mass is 127. The molecule has 0 atom stereocenters. The molecule has 0 spiro atoms. The Morgan fingerprint density at radius 3 is 2.38 bits per heavy atom. The van der Waals surface area contributed by atoms with Gasteiger partial charge in [-0.3, -0.25) is 0 Å². The Morgan fingerprint density at radius 2 is 1.81 bits per heavy atom. The van der Waals surface area contributed by atoms with E-state index in [1.54, 1.807) is 0 Å². The van der Waals surface area contributed by atoms with Gasteiger partial charge in [0.25, 0.3) is 0 Å². The van der Waals surface area contributed by atoms with Crippen LogP contribution in [0.4, 0.5) is 0 Å². The van der Waals surface area contributed by atoms with Gasteiger partial charge < -0.3 is 10.0 Å². The molecule has 16 heavy (non-hydrogen) atoms. The molecule has 0 aromatic heterocycles. The number of benzene rings is 1. The van der Waals surface area contributed by atoms with E-state index in [9.17, 15) is 0 Å². The SMILES string of the molecule is OB(O)c1ccc(C2CCCCC2)c(I)c1. The monoisotopic (exact) mass is 330 g/mol. The summed E-state index contributed by atoms with van der Waals surface area (Å²) in [5.41, 5.74) is 1.97. The van der Waals surface area contributed by atoms with Crippen molar-refractivity contribution in [2.45, 2.75) is 38.0 Å². The maximum absolute atomic E-state index is 9.10. The molecule has 0 radical (unpaired) electrons. The Bertz CT molecular complexity index is 362. The lowest BCUT2D eigenvalue weighted by Crippen LogP contribution is -2.30. The lowest BCUT2D eigenvalue weighted by molar-refractivity contribution is 0.425. The number of rotatable bonds is 2. The third-order valence-electron chi connectivity index (χ3n) is 3.37. The smallest absolute Gasteiger partial charge is 0.423 e. The van der Waals surface area contributed by atoms with Crippen molar-refractivity contribution in [2.24, 2.45) is 0 Å². The molecule has 2 rings (SSSR count). The highest BCUT2D eigenvalue weighted by Crippen LogP contribution is 2.34. The van der Waals surface area contributed by atoms with Crippen molar-refractivity contribution in [2.75, 3.05) is 0 Å². The zero-order valence-electron chi connectivity index (χ0n) is 9.19. The van der Waals surface area contributed by atoms with Gasteiger partial charge in [0.1, 0.15) is 0 Å². The topological polar surface area (TPSA) is 40.5 Å². The molecule has 1 aromatic rings. The Labute approximate surface area is 110 Å². The summed E-state index contributed by atoms with van der Waals surface area (Å²) in [4.78, 5) is 0. The maximum atomic E-state index is 9.10. The molecule has 0 bridgehead atoms. The van der Waals surface area contributed by atoms with Crippen molar-refractivity contribution >= 4 is 35.2 Å². The molecule has 1 fully saturated rings. The number of halogens is 1. The largest absolute Gasteiger partial charge is 0.488 e. The molecule has 2 nitrogen and oxygen atoms in total. The van der Waals surface area contributed by atoms with Crippen molar-refractivity contribution in [3.05, 3.63) is 27.3 Å². The first-order valence-corrected chi connectivity index (χ1v) is 6.92. The van der Waals surface area contributed by atoms with E-state index in [1.807, 2.05) is 12.1 Å². The second-order valence-corrected chi connectivity index (χ2v) is 5.65. The van der Waals surface area contributed by atoms with E-state index in [-0.39, 0.29) is 0 Å². The van der Waals surface area contributed by atoms with Gasteiger partial charge in [0.05, 0.1) is 0 Å². The third kappa shape index (κ3) is 2.78. The van der Waals surface area contributed by atoms with Crippen LogP contribution in [0.2, 0.25) is 0 Å². The summed E-state index contributed by atoms with van der Waals surface area (Å²) in [5, 5.41) is 18.2. The second-order valence-electron chi connectivity index (χ2n) is 4.49. The predicted octanol–water partition coefficient (Wildman–Crippen LogP) is 2.02. The molecular formula is C12H16BIO2. The summed E-state index contributed by atoms with van der Waals surface area (Å²) in [6.45, 7) is 0. The molecule has 2 N–H and O–H groups in total. The molecule has 0 amide bonds. The van der Waals surface area contributed by atoms with E-state index in [0.29, 0.717) is 11.4 Å². The normalized spacial score (nSPS) is 17.4. The molecule has 0 unspecified atom stereocenters.